The zero-order valence-electron chi connectivity index (χ0n) is 70.6. The Bertz CT molecular complexity index is 5920. The molecular weight excluding hydrogens is 1580 g/mol. The number of carbonyl (C=O) groups excluding carboxylic acids is 12. The molecule has 12 amide bonds. The molecule has 0 saturated carbocycles. The Hall–Kier alpha value is -15.9. The number of fused-ring (bicyclic) bond motifs is 3. The molecule has 0 radical (unpaired) electrons. The molecule has 0 aromatic heterocycles. The summed E-state index contributed by atoms with van der Waals surface area (Å²) >= 11 is 0. The van der Waals surface area contributed by atoms with Gasteiger partial charge >= 0.3 is 0 Å². The van der Waals surface area contributed by atoms with Gasteiger partial charge in [0.25, 0.3) is 70.9 Å². The van der Waals surface area contributed by atoms with Gasteiger partial charge in [0.15, 0.2) is 0 Å². The predicted octanol–water partition coefficient (Wildman–Crippen LogP) is 20.3. The van der Waals surface area contributed by atoms with Gasteiger partial charge in [-0.3, -0.25) is 57.5 Å². The van der Waals surface area contributed by atoms with Gasteiger partial charge in [-0.15, -0.1) is 0 Å². The third-order valence-electron chi connectivity index (χ3n) is 22.7. The fraction of sp³-hybridized carbons (Fsp3) is 0.143. The molecule has 0 bridgehead atoms. The van der Waals surface area contributed by atoms with Gasteiger partial charge in [0.2, 0.25) is 0 Å². The van der Waals surface area contributed by atoms with Gasteiger partial charge < -0.3 is 30.7 Å². The highest BCUT2D eigenvalue weighted by Crippen LogP contribution is 2.40. The van der Waals surface area contributed by atoms with Crippen LogP contribution in [0.2, 0.25) is 0 Å². The van der Waals surface area contributed by atoms with Gasteiger partial charge in [-0.05, 0) is 195 Å². The van der Waals surface area contributed by atoms with E-state index in [1.165, 1.54) is 69.3 Å². The molecule has 0 saturated heterocycles. The first-order valence-electron chi connectivity index (χ1n) is 41.2. The molecule has 0 atom stereocenters. The van der Waals surface area contributed by atoms with Crippen molar-refractivity contribution in [3.63, 3.8) is 0 Å². The lowest BCUT2D eigenvalue weighted by molar-refractivity contribution is 0.0908. The summed E-state index contributed by atoms with van der Waals surface area (Å²) in [6.07, 6.45) is 0. The highest BCUT2D eigenvalue weighted by atomic mass is 16.2. The van der Waals surface area contributed by atoms with E-state index in [0.717, 1.165) is 48.1 Å². The number of amides is 12. The third kappa shape index (κ3) is 16.7. The van der Waals surface area contributed by atoms with Crippen LogP contribution in [0.3, 0.4) is 0 Å². The van der Waals surface area contributed by atoms with Crippen molar-refractivity contribution < 1.29 is 57.5 Å². The van der Waals surface area contributed by atoms with Crippen LogP contribution < -0.4 is 45.3 Å². The Kier molecular flexibility index (Phi) is 22.5. The number of imide groups is 3. The number of rotatable bonds is 21. The number of carbonyl (C=O) groups is 12. The minimum absolute atomic E-state index is 0.0266. The van der Waals surface area contributed by atoms with Crippen LogP contribution in [0.15, 0.2) is 309 Å². The summed E-state index contributed by atoms with van der Waals surface area (Å²) in [7, 11) is 0. The number of nitrogens with zero attached hydrogens (tertiary/aromatic N) is 6. The molecule has 0 spiro atoms. The number of para-hydroxylation sites is 3. The molecular formula is C105H87N9O12. The smallest absolute Gasteiger partial charge is 0.266 e. The molecule has 126 heavy (non-hydrogen) atoms. The average molecular weight is 1670 g/mol. The fourth-order valence-corrected chi connectivity index (χ4v) is 15.8. The van der Waals surface area contributed by atoms with Gasteiger partial charge in [-0.2, -0.15) is 0 Å². The Morgan fingerprint density at radius 1 is 0.254 bits per heavy atom. The summed E-state index contributed by atoms with van der Waals surface area (Å²) in [5.41, 5.74) is 6.75. The zero-order valence-corrected chi connectivity index (χ0v) is 70.6. The molecule has 0 aliphatic carbocycles. The lowest BCUT2D eigenvalue weighted by Gasteiger charge is -2.27. The van der Waals surface area contributed by atoms with E-state index >= 15 is 28.8 Å². The molecule has 3 aliphatic heterocycles. The minimum Gasteiger partial charge on any atom is -0.322 e. The summed E-state index contributed by atoms with van der Waals surface area (Å²) in [4.78, 5) is 185. The van der Waals surface area contributed by atoms with Crippen molar-refractivity contribution in [3.8, 4) is 0 Å². The molecule has 21 heteroatoms. The first kappa shape index (κ1) is 83.7. The quantitative estimate of drug-likeness (QED) is 0.0567. The fourth-order valence-electron chi connectivity index (χ4n) is 15.8. The first-order chi connectivity index (χ1) is 60.3. The van der Waals surface area contributed by atoms with Crippen LogP contribution >= 0.6 is 0 Å². The second-order valence-corrected chi connectivity index (χ2v) is 34.4. The summed E-state index contributed by atoms with van der Waals surface area (Å²) in [6, 6.07) is 85.0. The van der Waals surface area contributed by atoms with E-state index in [-0.39, 0.29) is 154 Å². The molecule has 3 aliphatic rings. The topological polar surface area (TPSA) is 260 Å². The number of hydrogen-bond acceptors (Lipinski definition) is 12. The maximum Gasteiger partial charge on any atom is 0.266 e. The average Bonchev–Trinajstić information content (AvgIpc) is 1.61. The molecule has 0 fully saturated rings. The zero-order chi connectivity index (χ0) is 88.8. The Morgan fingerprint density at radius 3 is 0.690 bits per heavy atom. The van der Waals surface area contributed by atoms with Crippen molar-refractivity contribution in [1.29, 1.82) is 0 Å². The molecule has 624 valence electrons. The highest BCUT2D eigenvalue weighted by molar-refractivity contribution is 6.38. The SMILES string of the molecule is CC(C)(C)c1ccc(CN(C(=O)c2ccccc2N2C(=O)c3ccccc3C2=O)c2cccc(NC(=O)c3cc(C(=O)Nc4cccc(N(Cc5ccc(C(C)(C)C)cc5)C(=O)c5ccccc5N5C(=O)c6ccccc6C5=O)c4)cc(C(=O)Nc4cccc(N(Cc5ccc(C(C)(C)C)cc5)C(=O)c5ccccc5N5C(=O)c6ccccc6C5=O)c4)c3)c2)cc1. The number of anilines is 9. The second kappa shape index (κ2) is 33.8. The van der Waals surface area contributed by atoms with Crippen LogP contribution in [-0.4, -0.2) is 70.9 Å². The van der Waals surface area contributed by atoms with Crippen LogP contribution in [0.5, 0.6) is 0 Å². The van der Waals surface area contributed by atoms with Crippen LogP contribution in [-0.2, 0) is 35.9 Å². The summed E-state index contributed by atoms with van der Waals surface area (Å²) < 4.78 is 0. The maximum absolute atomic E-state index is 15.6. The summed E-state index contributed by atoms with van der Waals surface area (Å²) in [5.74, 6) is -7.83. The minimum atomic E-state index is -0.816. The van der Waals surface area contributed by atoms with Crippen molar-refractivity contribution >= 4 is 122 Å². The normalized spacial score (nSPS) is 13.0. The van der Waals surface area contributed by atoms with E-state index in [1.54, 1.807) is 182 Å². The molecule has 3 heterocycles. The lowest BCUT2D eigenvalue weighted by Crippen LogP contribution is -2.35. The summed E-state index contributed by atoms with van der Waals surface area (Å²) in [6.45, 7) is 18.7. The van der Waals surface area contributed by atoms with Crippen LogP contribution in [0, 0.1) is 0 Å². The Balaban J connectivity index is 0.756. The second-order valence-electron chi connectivity index (χ2n) is 34.4. The predicted molar refractivity (Wildman–Crippen MR) is 489 cm³/mol. The Morgan fingerprint density at radius 2 is 0.468 bits per heavy atom. The van der Waals surface area contributed by atoms with Crippen molar-refractivity contribution in [2.75, 3.05) is 45.3 Å². The maximum atomic E-state index is 15.6. The van der Waals surface area contributed by atoms with Crippen LogP contribution in [0.25, 0.3) is 0 Å². The molecule has 3 N–H and O–H groups in total. The van der Waals surface area contributed by atoms with Crippen LogP contribution in [0.4, 0.5) is 51.2 Å². The van der Waals surface area contributed by atoms with E-state index in [9.17, 15) is 28.8 Å². The van der Waals surface area contributed by atoms with Gasteiger partial charge in [-0.1, -0.05) is 226 Å². The molecule has 16 rings (SSSR count). The van der Waals surface area contributed by atoms with Crippen molar-refractivity contribution in [2.24, 2.45) is 0 Å². The highest BCUT2D eigenvalue weighted by Gasteiger charge is 2.43. The van der Waals surface area contributed by atoms with Gasteiger partial charge in [0.1, 0.15) is 0 Å². The largest absolute Gasteiger partial charge is 0.322 e. The van der Waals surface area contributed by atoms with Crippen LogP contribution in [0.1, 0.15) is 220 Å². The first-order valence-corrected chi connectivity index (χ1v) is 41.2. The monoisotopic (exact) mass is 1670 g/mol. The Labute approximate surface area is 728 Å². The number of nitrogens with one attached hydrogen (secondary N) is 3. The van der Waals surface area contributed by atoms with Crippen molar-refractivity contribution in [2.45, 2.75) is 98.2 Å². The number of benzene rings is 13. The molecule has 0 unspecified atom stereocenters. The van der Waals surface area contributed by atoms with Crippen molar-refractivity contribution in [3.05, 3.63) is 410 Å². The van der Waals surface area contributed by atoms with E-state index < -0.39 is 70.9 Å². The standard InChI is InChI=1S/C105H87N9O12/c1-103(2,3)70-49-43-64(44-50-70)61-109(94(118)85-37-16-19-40-88(85)112-97(121)79-31-10-11-32-80(79)98(112)122)76-28-22-25-73(58-76)106-91(115)67-55-68(92(116)107-74-26-23-29-77(59-74)110(62-65-45-51-71(52-46-65)104(4,5)6)95(119)86-38-17-20-41-89(86)113-99(123)81-33-12-13-34-82(81)100(113)124)57-69(56-67)93(117)108-75-27-24-30-78(60-75)111(63-66-47-53-72(54-48-66)105(7,8)9)96(120)87-39-18-21-42-90(87)114-101(125)83-35-14-15-36-84(83)102(114)126/h10-60H,61-63H2,1-9H3,(H,106,115)(H,107,116)(H,108,117). The third-order valence-corrected chi connectivity index (χ3v) is 22.7. The van der Waals surface area contributed by atoms with E-state index in [4.69, 9.17) is 0 Å². The van der Waals surface area contributed by atoms with Crippen molar-refractivity contribution in [1.82, 2.24) is 0 Å². The summed E-state index contributed by atoms with van der Waals surface area (Å²) in [5, 5.41) is 8.84. The van der Waals surface area contributed by atoms with Gasteiger partial charge in [-0.25, -0.2) is 14.7 Å². The van der Waals surface area contributed by atoms with E-state index in [1.807, 2.05) is 72.8 Å². The van der Waals surface area contributed by atoms with Gasteiger partial charge in [0.05, 0.1) is 86.8 Å². The van der Waals surface area contributed by atoms with Gasteiger partial charge in [0, 0.05) is 50.8 Å². The lowest BCUT2D eigenvalue weighted by atomic mass is 9.86. The molecule has 13 aromatic carbocycles. The molecule has 21 nitrogen and oxygen atoms in total. The number of hydrogen-bond donors (Lipinski definition) is 3. The van der Waals surface area contributed by atoms with E-state index in [0.29, 0.717) is 0 Å². The van der Waals surface area contributed by atoms with E-state index in [2.05, 4.69) is 78.3 Å². The molecule has 13 aromatic rings.